The molecule has 272 valence electrons. The van der Waals surface area contributed by atoms with E-state index in [0.29, 0.717) is 18.2 Å². The summed E-state index contributed by atoms with van der Waals surface area (Å²) in [6.07, 6.45) is 1.78. The molecule has 4 heterocycles. The number of likely N-dealkylation sites (N-methyl/N-ethyl adjacent to an activating group) is 1. The molecule has 4 unspecified atom stereocenters. The number of hydrogen-bond acceptors (Lipinski definition) is 9. The van der Waals surface area contributed by atoms with Gasteiger partial charge >= 0.3 is 5.97 Å². The highest BCUT2D eigenvalue weighted by Crippen LogP contribution is 2.57. The van der Waals surface area contributed by atoms with Crippen LogP contribution in [0, 0.1) is 17.8 Å². The topological polar surface area (TPSA) is 84.9 Å². The highest BCUT2D eigenvalue weighted by Gasteiger charge is 2.65. The molecule has 0 aromatic carbocycles. The molecule has 9 nitrogen and oxygen atoms in total. The molecule has 0 aliphatic carbocycles. The molecule has 13 atom stereocenters. The smallest absolute Gasteiger partial charge is 0.311 e. The maximum Gasteiger partial charge on any atom is 0.311 e. The van der Waals surface area contributed by atoms with Crippen LogP contribution in [0.25, 0.3) is 0 Å². The Morgan fingerprint density at radius 2 is 1.57 bits per heavy atom. The van der Waals surface area contributed by atoms with Crippen LogP contribution in [0.3, 0.4) is 0 Å². The van der Waals surface area contributed by atoms with E-state index in [-0.39, 0.29) is 36.1 Å². The van der Waals surface area contributed by atoms with Gasteiger partial charge in [-0.15, -0.1) is 0 Å². The summed E-state index contributed by atoms with van der Waals surface area (Å²) in [6.45, 7) is 27.7. The minimum absolute atomic E-state index is 0.00563. The second kappa shape index (κ2) is 14.1. The van der Waals surface area contributed by atoms with Gasteiger partial charge in [0.15, 0.2) is 28.7 Å². The minimum atomic E-state index is -2.15. The Morgan fingerprint density at radius 1 is 0.979 bits per heavy atom. The fourth-order valence-electron chi connectivity index (χ4n) is 8.44. The normalized spacial score (nSPS) is 45.0. The van der Waals surface area contributed by atoms with E-state index in [4.69, 9.17) is 32.5 Å². The Balaban J connectivity index is 1.89. The van der Waals surface area contributed by atoms with Gasteiger partial charge in [-0.3, -0.25) is 4.79 Å². The number of nitrogens with zero attached hydrogens (tertiary/aromatic N) is 1. The number of halogens is 1. The van der Waals surface area contributed by atoms with E-state index in [9.17, 15) is 4.79 Å². The van der Waals surface area contributed by atoms with E-state index < -0.39 is 64.1 Å². The molecule has 0 aromatic heterocycles. The van der Waals surface area contributed by atoms with Crippen molar-refractivity contribution in [1.82, 2.24) is 4.90 Å². The molecule has 47 heavy (non-hydrogen) atoms. The maximum absolute atomic E-state index is 14.1. The summed E-state index contributed by atoms with van der Waals surface area (Å²) in [6, 6.07) is 0.107. The number of alkyl halides is 1. The van der Waals surface area contributed by atoms with Crippen molar-refractivity contribution in [3.63, 3.8) is 0 Å². The largest absolute Gasteiger partial charge is 0.459 e. The average molecular weight is 763 g/mol. The van der Waals surface area contributed by atoms with Gasteiger partial charge in [-0.25, -0.2) is 0 Å². The Bertz CT molecular complexity index is 1160. The molecule has 4 aliphatic rings. The molecular formula is C35H64BrNO8Si2. The Hall–Kier alpha value is -0.156. The van der Waals surface area contributed by atoms with Gasteiger partial charge < -0.3 is 37.4 Å². The molecule has 12 heteroatoms. The summed E-state index contributed by atoms with van der Waals surface area (Å²) in [5.74, 6) is -2.12. The highest BCUT2D eigenvalue weighted by molar-refractivity contribution is 9.09. The van der Waals surface area contributed by atoms with E-state index in [2.05, 4.69) is 108 Å². The molecule has 3 bridgehead atoms. The molecule has 0 N–H and O–H groups in total. The monoisotopic (exact) mass is 761 g/mol. The fraction of sp³-hybridized carbons (Fsp3) is 0.914. The summed E-state index contributed by atoms with van der Waals surface area (Å²) in [7, 11) is 0.0414. The van der Waals surface area contributed by atoms with Crippen LogP contribution in [-0.2, 0) is 37.3 Å². The van der Waals surface area contributed by atoms with Gasteiger partial charge in [-0.05, 0) is 112 Å². The molecule has 4 aliphatic heterocycles. The maximum atomic E-state index is 14.1. The Kier molecular flexibility index (Phi) is 11.9. The molecule has 0 aromatic rings. The van der Waals surface area contributed by atoms with E-state index in [1.165, 1.54) is 0 Å². The summed E-state index contributed by atoms with van der Waals surface area (Å²) in [5, 5.41) is 0.576. The number of esters is 1. The first-order valence-electron chi connectivity index (χ1n) is 17.7. The molecule has 0 radical (unpaired) electrons. The van der Waals surface area contributed by atoms with Crippen LogP contribution in [0.2, 0.25) is 39.3 Å². The lowest BCUT2D eigenvalue weighted by Gasteiger charge is -2.50. The van der Waals surface area contributed by atoms with Crippen LogP contribution in [0.15, 0.2) is 11.6 Å². The van der Waals surface area contributed by atoms with Gasteiger partial charge in [0.05, 0.1) is 29.8 Å². The van der Waals surface area contributed by atoms with Gasteiger partial charge in [-0.1, -0.05) is 36.7 Å². The van der Waals surface area contributed by atoms with Crippen molar-refractivity contribution in [3.05, 3.63) is 11.6 Å². The number of cyclic esters (lactones) is 1. The molecule has 4 rings (SSSR count). The number of carbonyl (C=O) groups is 1. The van der Waals surface area contributed by atoms with Crippen LogP contribution in [0.1, 0.15) is 67.7 Å². The standard InChI is InChI=1S/C35H64BrNO8Si2/c1-16-27-33(6)19-25(20-36)35(44-33)21(2)18-34(7,45-35)30(23(4)28(42-46(10,11)12)24(5)31(38)40-27)41-32-29(43-47(13,14)15)26(37(8)9)17-22(3)39-32/h19,21-24,26-30,32H,16-18,20H2,1-15H3/t21?,22-,23+,24-,26+,27-,28+,29-,30-,32?,33?,34-,35?/m1/s1. The van der Waals surface area contributed by atoms with Crippen molar-refractivity contribution in [2.45, 2.75) is 167 Å². The lowest BCUT2D eigenvalue weighted by Crippen LogP contribution is -2.62. The van der Waals surface area contributed by atoms with Crippen molar-refractivity contribution in [2.75, 3.05) is 19.4 Å². The predicted octanol–water partition coefficient (Wildman–Crippen LogP) is 7.11. The summed E-state index contributed by atoms with van der Waals surface area (Å²) < 4.78 is 48.6. The lowest BCUT2D eigenvalue weighted by atomic mass is 9.78. The summed E-state index contributed by atoms with van der Waals surface area (Å²) in [5.41, 5.74) is -0.659. The predicted molar refractivity (Wildman–Crippen MR) is 194 cm³/mol. The van der Waals surface area contributed by atoms with E-state index in [1.54, 1.807) is 0 Å². The van der Waals surface area contributed by atoms with Gasteiger partial charge in [0, 0.05) is 23.2 Å². The number of carbonyl (C=O) groups excluding carboxylic acids is 1. The molecule has 0 amide bonds. The second-order valence-electron chi connectivity index (χ2n) is 17.3. The lowest BCUT2D eigenvalue weighted by molar-refractivity contribution is -0.326. The third kappa shape index (κ3) is 8.17. The van der Waals surface area contributed by atoms with Crippen molar-refractivity contribution in [2.24, 2.45) is 17.8 Å². The molecule has 3 saturated heterocycles. The van der Waals surface area contributed by atoms with Gasteiger partial charge in [0.2, 0.25) is 0 Å². The van der Waals surface area contributed by atoms with Gasteiger partial charge in [0.1, 0.15) is 17.8 Å². The van der Waals surface area contributed by atoms with Gasteiger partial charge in [-0.2, -0.15) is 0 Å². The SMILES string of the molecule is CC[C@H]1OC(=O)[C@H](C)[C@@H](O[Si](C)(C)C)[C@H](C)[C@@H](OC2O[C@H](C)C[C@H](N(C)C)[C@H]2O[Si](C)(C)C)[C@@]2(C)CC(C)C3(OC1(C)C=C3CBr)O2. The molecule has 3 fully saturated rings. The number of rotatable bonds is 9. The first-order valence-corrected chi connectivity index (χ1v) is 25.6. The zero-order chi connectivity index (χ0) is 35.5. The summed E-state index contributed by atoms with van der Waals surface area (Å²) >= 11 is 3.75. The minimum Gasteiger partial charge on any atom is -0.459 e. The van der Waals surface area contributed by atoms with Crippen LogP contribution in [0.4, 0.5) is 0 Å². The van der Waals surface area contributed by atoms with Crippen LogP contribution >= 0.6 is 15.9 Å². The van der Waals surface area contributed by atoms with Crippen molar-refractivity contribution >= 4 is 38.5 Å². The Labute approximate surface area is 295 Å². The number of hydrogen-bond donors (Lipinski definition) is 0. The quantitative estimate of drug-likeness (QED) is 0.106. The van der Waals surface area contributed by atoms with E-state index in [0.717, 1.165) is 12.0 Å². The first-order chi connectivity index (χ1) is 21.5. The van der Waals surface area contributed by atoms with Crippen molar-refractivity contribution in [3.8, 4) is 0 Å². The van der Waals surface area contributed by atoms with E-state index >= 15 is 0 Å². The number of ether oxygens (including phenoxy) is 5. The highest BCUT2D eigenvalue weighted by atomic mass is 79.9. The zero-order valence-electron chi connectivity index (χ0n) is 31.8. The number of fused-ring (bicyclic) bond motifs is 2. The third-order valence-electron chi connectivity index (χ3n) is 10.4. The first kappa shape index (κ1) is 39.6. The Morgan fingerprint density at radius 3 is 2.11 bits per heavy atom. The van der Waals surface area contributed by atoms with Crippen LogP contribution in [0.5, 0.6) is 0 Å². The van der Waals surface area contributed by atoms with Crippen LogP contribution < -0.4 is 0 Å². The van der Waals surface area contributed by atoms with Crippen molar-refractivity contribution in [1.29, 1.82) is 0 Å². The average Bonchev–Trinajstić information content (AvgIpc) is 3.38. The van der Waals surface area contributed by atoms with E-state index in [1.807, 2.05) is 20.8 Å². The fourth-order valence-corrected chi connectivity index (χ4v) is 11.3. The van der Waals surface area contributed by atoms with Crippen molar-refractivity contribution < 1.29 is 37.3 Å². The second-order valence-corrected chi connectivity index (χ2v) is 26.8. The third-order valence-corrected chi connectivity index (χ3v) is 13.0. The summed E-state index contributed by atoms with van der Waals surface area (Å²) in [4.78, 5) is 16.3. The van der Waals surface area contributed by atoms with Crippen LogP contribution in [-0.4, -0.2) is 107 Å². The van der Waals surface area contributed by atoms with Gasteiger partial charge in [0.25, 0.3) is 0 Å². The molecular weight excluding hydrogens is 698 g/mol. The zero-order valence-corrected chi connectivity index (χ0v) is 35.4. The molecule has 0 saturated carbocycles. The molecule has 1 spiro atoms.